The van der Waals surface area contributed by atoms with Crippen LogP contribution in [-0.4, -0.2) is 55.1 Å². The summed E-state index contributed by atoms with van der Waals surface area (Å²) in [5.74, 6) is 1.20. The third-order valence-corrected chi connectivity index (χ3v) is 7.42. The lowest BCUT2D eigenvalue weighted by Gasteiger charge is -2.21. The Morgan fingerprint density at radius 3 is 2.45 bits per heavy atom. The zero-order valence-electron chi connectivity index (χ0n) is 23.7. The van der Waals surface area contributed by atoms with Crippen LogP contribution >= 0.6 is 0 Å². The van der Waals surface area contributed by atoms with Gasteiger partial charge in [-0.1, -0.05) is 18.2 Å². The minimum Gasteiger partial charge on any atom is -0.508 e. The molecule has 3 aromatic rings. The highest BCUT2D eigenvalue weighted by Crippen LogP contribution is 2.46. The number of likely N-dealkylation sites (tertiary alicyclic amines) is 1. The van der Waals surface area contributed by atoms with E-state index in [4.69, 9.17) is 14.2 Å². The second-order valence-electron chi connectivity index (χ2n) is 10.9. The summed E-state index contributed by atoms with van der Waals surface area (Å²) in [6, 6.07) is 16.1. The molecule has 0 unspecified atom stereocenters. The van der Waals surface area contributed by atoms with Gasteiger partial charge in [0.1, 0.15) is 29.1 Å². The Morgan fingerprint density at radius 2 is 1.74 bits per heavy atom. The van der Waals surface area contributed by atoms with E-state index < -0.39 is 11.7 Å². The number of nitrogens with zero attached hydrogens (tertiary/aromatic N) is 1. The molecule has 0 aromatic heterocycles. The van der Waals surface area contributed by atoms with E-state index in [1.54, 1.807) is 26.0 Å². The van der Waals surface area contributed by atoms with Crippen molar-refractivity contribution in [1.29, 1.82) is 0 Å². The first kappa shape index (κ1) is 29.8. The van der Waals surface area contributed by atoms with Crippen molar-refractivity contribution in [2.24, 2.45) is 0 Å². The predicted octanol–water partition coefficient (Wildman–Crippen LogP) is 7.75. The summed E-state index contributed by atoms with van der Waals surface area (Å²) < 4.78 is 73.6. The van der Waals surface area contributed by atoms with Crippen LogP contribution < -0.4 is 14.2 Å². The SMILES string of the molecule is CC(C)Oc1ccc(C2=C(c3ccc(O[C@H]4CCN(CCCF)C4)cc3)c3ccc(O)cc3OCC2)c(C(F)(F)F)c1. The fourth-order valence-corrected chi connectivity index (χ4v) is 5.63. The summed E-state index contributed by atoms with van der Waals surface area (Å²) in [6.07, 6.45) is -3.35. The van der Waals surface area contributed by atoms with Crippen molar-refractivity contribution in [3.63, 3.8) is 0 Å². The Morgan fingerprint density at radius 1 is 1.00 bits per heavy atom. The van der Waals surface area contributed by atoms with Crippen LogP contribution in [0.3, 0.4) is 0 Å². The number of hydrogen-bond donors (Lipinski definition) is 1. The van der Waals surface area contributed by atoms with E-state index in [0.29, 0.717) is 46.7 Å². The molecule has 5 rings (SSSR count). The highest BCUT2D eigenvalue weighted by molar-refractivity contribution is 6.01. The summed E-state index contributed by atoms with van der Waals surface area (Å²) >= 11 is 0. The second-order valence-corrected chi connectivity index (χ2v) is 10.9. The molecule has 0 amide bonds. The Balaban J connectivity index is 1.56. The van der Waals surface area contributed by atoms with Crippen molar-refractivity contribution >= 4 is 11.1 Å². The van der Waals surface area contributed by atoms with Gasteiger partial charge in [0.2, 0.25) is 0 Å². The van der Waals surface area contributed by atoms with E-state index in [0.717, 1.165) is 25.6 Å². The Hall–Kier alpha value is -3.72. The molecule has 0 aliphatic carbocycles. The first-order valence-electron chi connectivity index (χ1n) is 14.3. The molecule has 1 fully saturated rings. The van der Waals surface area contributed by atoms with Gasteiger partial charge in [-0.15, -0.1) is 0 Å². The summed E-state index contributed by atoms with van der Waals surface area (Å²) in [6.45, 7) is 5.61. The monoisotopic (exact) mass is 585 g/mol. The number of fused-ring (bicyclic) bond motifs is 1. The molecule has 42 heavy (non-hydrogen) atoms. The Kier molecular flexibility index (Phi) is 8.96. The minimum absolute atomic E-state index is 0.00332. The summed E-state index contributed by atoms with van der Waals surface area (Å²) in [4.78, 5) is 2.18. The zero-order valence-corrected chi connectivity index (χ0v) is 23.7. The van der Waals surface area contributed by atoms with Crippen LogP contribution in [0.2, 0.25) is 0 Å². The van der Waals surface area contributed by atoms with Crippen LogP contribution in [0.5, 0.6) is 23.0 Å². The molecule has 1 saturated heterocycles. The number of phenols is 1. The molecule has 2 heterocycles. The van der Waals surface area contributed by atoms with Crippen molar-refractivity contribution < 1.29 is 36.9 Å². The number of phenolic OH excluding ortho intramolecular Hbond substituents is 1. The smallest absolute Gasteiger partial charge is 0.417 e. The Labute approximate surface area is 243 Å². The van der Waals surface area contributed by atoms with Crippen molar-refractivity contribution in [3.8, 4) is 23.0 Å². The summed E-state index contributed by atoms with van der Waals surface area (Å²) in [5, 5.41) is 10.1. The first-order valence-corrected chi connectivity index (χ1v) is 14.3. The van der Waals surface area contributed by atoms with Crippen molar-refractivity contribution in [2.75, 3.05) is 32.9 Å². The van der Waals surface area contributed by atoms with E-state index >= 15 is 0 Å². The van der Waals surface area contributed by atoms with Crippen molar-refractivity contribution in [2.45, 2.75) is 51.5 Å². The molecule has 2 aliphatic heterocycles. The molecule has 1 N–H and O–H groups in total. The Bertz CT molecular complexity index is 1420. The van der Waals surface area contributed by atoms with E-state index in [1.165, 1.54) is 18.2 Å². The third-order valence-electron chi connectivity index (χ3n) is 7.42. The van der Waals surface area contributed by atoms with E-state index in [9.17, 15) is 22.7 Å². The van der Waals surface area contributed by atoms with Crippen LogP contribution in [-0.2, 0) is 6.18 Å². The van der Waals surface area contributed by atoms with Gasteiger partial charge in [-0.05, 0) is 85.4 Å². The fraction of sp³-hybridized carbons (Fsp3) is 0.394. The van der Waals surface area contributed by atoms with Gasteiger partial charge in [0.15, 0.2) is 0 Å². The van der Waals surface area contributed by atoms with Crippen LogP contribution in [0, 0.1) is 0 Å². The molecular formula is C33H35F4NO4. The second kappa shape index (κ2) is 12.7. The molecule has 224 valence electrons. The van der Waals surface area contributed by atoms with E-state index in [1.807, 2.05) is 24.3 Å². The van der Waals surface area contributed by atoms with Crippen LogP contribution in [0.4, 0.5) is 17.6 Å². The fourth-order valence-electron chi connectivity index (χ4n) is 5.63. The molecule has 0 saturated carbocycles. The van der Waals surface area contributed by atoms with Crippen LogP contribution in [0.1, 0.15) is 55.4 Å². The number of benzene rings is 3. The number of rotatable bonds is 9. The van der Waals surface area contributed by atoms with E-state index in [-0.39, 0.29) is 49.0 Å². The molecule has 0 bridgehead atoms. The lowest BCUT2D eigenvalue weighted by Crippen LogP contribution is -2.26. The van der Waals surface area contributed by atoms with Gasteiger partial charge < -0.3 is 19.3 Å². The van der Waals surface area contributed by atoms with Crippen LogP contribution in [0.15, 0.2) is 60.7 Å². The molecule has 0 radical (unpaired) electrons. The first-order chi connectivity index (χ1) is 20.1. The predicted molar refractivity (Wildman–Crippen MR) is 154 cm³/mol. The van der Waals surface area contributed by atoms with Gasteiger partial charge in [-0.2, -0.15) is 13.2 Å². The number of alkyl halides is 4. The molecule has 3 aromatic carbocycles. The normalized spacial score (nSPS) is 17.6. The maximum atomic E-state index is 14.5. The average molecular weight is 586 g/mol. The molecule has 5 nitrogen and oxygen atoms in total. The topological polar surface area (TPSA) is 51.2 Å². The summed E-state index contributed by atoms with van der Waals surface area (Å²) in [5.41, 5.74) is 1.63. The van der Waals surface area contributed by atoms with Crippen molar-refractivity contribution in [1.82, 2.24) is 4.90 Å². The maximum absolute atomic E-state index is 14.5. The van der Waals surface area contributed by atoms with Gasteiger partial charge in [-0.25, -0.2) is 0 Å². The number of hydrogen-bond acceptors (Lipinski definition) is 5. The average Bonchev–Trinajstić information content (AvgIpc) is 3.30. The quantitative estimate of drug-likeness (QED) is 0.260. The lowest BCUT2D eigenvalue weighted by molar-refractivity contribution is -0.137. The largest absolute Gasteiger partial charge is 0.508 e. The van der Waals surface area contributed by atoms with Gasteiger partial charge in [-0.3, -0.25) is 9.29 Å². The minimum atomic E-state index is -4.62. The lowest BCUT2D eigenvalue weighted by atomic mass is 9.86. The number of aromatic hydroxyl groups is 1. The number of halogens is 4. The van der Waals surface area contributed by atoms with E-state index in [2.05, 4.69) is 4.90 Å². The zero-order chi connectivity index (χ0) is 29.9. The molecular weight excluding hydrogens is 550 g/mol. The molecule has 1 atom stereocenters. The highest BCUT2D eigenvalue weighted by atomic mass is 19.4. The highest BCUT2D eigenvalue weighted by Gasteiger charge is 2.36. The molecule has 2 aliphatic rings. The van der Waals surface area contributed by atoms with Crippen molar-refractivity contribution in [3.05, 3.63) is 82.9 Å². The third kappa shape index (κ3) is 6.84. The van der Waals surface area contributed by atoms with Gasteiger partial charge in [0.25, 0.3) is 0 Å². The maximum Gasteiger partial charge on any atom is 0.417 e. The summed E-state index contributed by atoms with van der Waals surface area (Å²) in [7, 11) is 0. The molecule has 0 spiro atoms. The standard InChI is InChI=1S/C33H35F4NO4/c1-21(2)41-25-9-11-27(30(19-25)33(35,36)37)28-13-17-40-31-18-23(39)6-10-29(31)32(28)22-4-7-24(8-5-22)42-26-12-16-38(20-26)15-3-14-34/h4-11,18-19,21,26,39H,3,12-17,20H2,1-2H3/t26-/m0/s1. The molecule has 9 heteroatoms. The van der Waals surface area contributed by atoms with Gasteiger partial charge >= 0.3 is 6.18 Å². The number of ether oxygens (including phenoxy) is 3. The van der Waals surface area contributed by atoms with Gasteiger partial charge in [0.05, 0.1) is 24.9 Å². The van der Waals surface area contributed by atoms with Crippen LogP contribution in [0.25, 0.3) is 11.1 Å². The van der Waals surface area contributed by atoms with Gasteiger partial charge in [0, 0.05) is 37.7 Å².